The van der Waals surface area contributed by atoms with Crippen LogP contribution in [0.15, 0.2) is 34.4 Å². The molecule has 106 valence electrons. The summed E-state index contributed by atoms with van der Waals surface area (Å²) in [5.74, 6) is 0.701. The minimum atomic E-state index is -0.565. The molecule has 0 aliphatic heterocycles. The van der Waals surface area contributed by atoms with E-state index in [2.05, 4.69) is 22.2 Å². The Hall–Kier alpha value is -2.44. The fraction of sp³-hybridized carbons (Fsp3) is 0.385. The van der Waals surface area contributed by atoms with E-state index < -0.39 is 11.1 Å². The molecule has 7 nitrogen and oxygen atoms in total. The van der Waals surface area contributed by atoms with Crippen molar-refractivity contribution in [2.45, 2.75) is 19.9 Å². The number of nitrogens with one attached hydrogen (secondary N) is 1. The van der Waals surface area contributed by atoms with Gasteiger partial charge in [0.1, 0.15) is 5.82 Å². The molecule has 2 aromatic rings. The van der Waals surface area contributed by atoms with Crippen molar-refractivity contribution in [1.82, 2.24) is 19.1 Å². The third kappa shape index (κ3) is 3.11. The van der Waals surface area contributed by atoms with E-state index in [4.69, 9.17) is 0 Å². The van der Waals surface area contributed by atoms with Crippen molar-refractivity contribution in [3.63, 3.8) is 0 Å². The molecule has 0 fully saturated rings. The molecule has 0 bridgehead atoms. The zero-order chi connectivity index (χ0) is 14.5. The van der Waals surface area contributed by atoms with Crippen molar-refractivity contribution in [3.8, 4) is 0 Å². The number of aromatic nitrogens is 4. The summed E-state index contributed by atoms with van der Waals surface area (Å²) in [6.07, 6.45) is 7.34. The molecule has 0 unspecified atom stereocenters. The van der Waals surface area contributed by atoms with Gasteiger partial charge in [-0.1, -0.05) is 6.92 Å². The minimum absolute atomic E-state index is 0.232. The molecule has 0 saturated heterocycles. The molecule has 0 aromatic carbocycles. The fourth-order valence-electron chi connectivity index (χ4n) is 1.67. The normalized spacial score (nSPS) is 10.5. The number of hydrogen-bond donors (Lipinski definition) is 1. The summed E-state index contributed by atoms with van der Waals surface area (Å²) in [6, 6.07) is 0. The van der Waals surface area contributed by atoms with E-state index in [0.717, 1.165) is 13.0 Å². The molecule has 1 N–H and O–H groups in total. The maximum Gasteiger partial charge on any atom is 0.316 e. The second-order valence-corrected chi connectivity index (χ2v) is 4.47. The number of rotatable bonds is 5. The highest BCUT2D eigenvalue weighted by Crippen LogP contribution is 2.01. The first-order valence-corrected chi connectivity index (χ1v) is 6.42. The maximum absolute atomic E-state index is 11.8. The Morgan fingerprint density at radius 1 is 1.15 bits per heavy atom. The van der Waals surface area contributed by atoms with Gasteiger partial charge in [-0.05, 0) is 6.42 Å². The van der Waals surface area contributed by atoms with E-state index in [9.17, 15) is 9.59 Å². The van der Waals surface area contributed by atoms with Gasteiger partial charge in [0.2, 0.25) is 0 Å². The van der Waals surface area contributed by atoms with Gasteiger partial charge in [-0.15, -0.1) is 0 Å². The van der Waals surface area contributed by atoms with Gasteiger partial charge >= 0.3 is 11.1 Å². The summed E-state index contributed by atoms with van der Waals surface area (Å²) >= 11 is 0. The first-order chi connectivity index (χ1) is 9.61. The number of anilines is 1. The van der Waals surface area contributed by atoms with Crippen LogP contribution in [0, 0.1) is 0 Å². The Morgan fingerprint density at radius 3 is 2.60 bits per heavy atom. The molecule has 2 rings (SSSR count). The lowest BCUT2D eigenvalue weighted by molar-refractivity contribution is 0.682. The monoisotopic (exact) mass is 275 g/mol. The molecular formula is C13H17N5O2. The van der Waals surface area contributed by atoms with Gasteiger partial charge in [0.15, 0.2) is 0 Å². The lowest BCUT2D eigenvalue weighted by atomic mass is 10.4. The summed E-state index contributed by atoms with van der Waals surface area (Å²) in [4.78, 5) is 31.7. The molecule has 0 aliphatic carbocycles. The van der Waals surface area contributed by atoms with E-state index in [-0.39, 0.29) is 6.54 Å². The van der Waals surface area contributed by atoms with E-state index in [1.165, 1.54) is 9.13 Å². The van der Waals surface area contributed by atoms with Gasteiger partial charge in [-0.3, -0.25) is 14.6 Å². The summed E-state index contributed by atoms with van der Waals surface area (Å²) in [5.41, 5.74) is -0.492. The van der Waals surface area contributed by atoms with Crippen molar-refractivity contribution >= 4 is 5.82 Å². The topological polar surface area (TPSA) is 81.8 Å². The zero-order valence-electron chi connectivity index (χ0n) is 11.5. The summed E-state index contributed by atoms with van der Waals surface area (Å²) < 4.78 is 2.58. The second-order valence-electron chi connectivity index (χ2n) is 4.47. The van der Waals surface area contributed by atoms with Crippen molar-refractivity contribution in [2.24, 2.45) is 7.05 Å². The quantitative estimate of drug-likeness (QED) is 0.789. The Kier molecular flexibility index (Phi) is 4.29. The van der Waals surface area contributed by atoms with Gasteiger partial charge in [0.25, 0.3) is 0 Å². The van der Waals surface area contributed by atoms with Crippen LogP contribution >= 0.6 is 0 Å². The van der Waals surface area contributed by atoms with Crippen molar-refractivity contribution in [3.05, 3.63) is 51.2 Å². The third-order valence-corrected chi connectivity index (χ3v) is 2.83. The first-order valence-electron chi connectivity index (χ1n) is 6.42. The predicted octanol–water partition coefficient (Wildman–Crippen LogP) is 0.207. The zero-order valence-corrected chi connectivity index (χ0v) is 11.5. The minimum Gasteiger partial charge on any atom is -0.369 e. The molecule has 0 spiro atoms. The molecule has 20 heavy (non-hydrogen) atoms. The van der Waals surface area contributed by atoms with Crippen LogP contribution in [0.3, 0.4) is 0 Å². The van der Waals surface area contributed by atoms with E-state index in [0.29, 0.717) is 11.5 Å². The molecule has 0 radical (unpaired) electrons. The second kappa shape index (κ2) is 6.14. The SMILES string of the molecule is CCCNc1cnc(Cn2ccn(C)c(=O)c2=O)cn1. The van der Waals surface area contributed by atoms with E-state index in [1.807, 2.05) is 0 Å². The Bertz CT molecular complexity index is 687. The largest absolute Gasteiger partial charge is 0.369 e. The van der Waals surface area contributed by atoms with Gasteiger partial charge in [-0.25, -0.2) is 4.98 Å². The Balaban J connectivity index is 2.16. The highest BCUT2D eigenvalue weighted by molar-refractivity contribution is 5.30. The van der Waals surface area contributed by atoms with E-state index >= 15 is 0 Å². The molecule has 0 amide bonds. The summed E-state index contributed by atoms with van der Waals surface area (Å²) in [6.45, 7) is 3.13. The summed E-state index contributed by atoms with van der Waals surface area (Å²) in [5, 5.41) is 3.12. The van der Waals surface area contributed by atoms with Crippen LogP contribution in [-0.4, -0.2) is 25.6 Å². The lowest BCUT2D eigenvalue weighted by Gasteiger charge is -2.07. The molecule has 2 aromatic heterocycles. The maximum atomic E-state index is 11.8. The number of aryl methyl sites for hydroxylation is 1. The fourth-order valence-corrected chi connectivity index (χ4v) is 1.67. The van der Waals surface area contributed by atoms with Crippen LogP contribution in [0.2, 0.25) is 0 Å². The van der Waals surface area contributed by atoms with Gasteiger partial charge in [-0.2, -0.15) is 0 Å². The molecule has 0 saturated carbocycles. The van der Waals surface area contributed by atoms with E-state index in [1.54, 1.807) is 31.8 Å². The van der Waals surface area contributed by atoms with Crippen molar-refractivity contribution in [2.75, 3.05) is 11.9 Å². The molecular weight excluding hydrogens is 258 g/mol. The van der Waals surface area contributed by atoms with Gasteiger partial charge in [0.05, 0.1) is 24.6 Å². The van der Waals surface area contributed by atoms with Crippen LogP contribution in [-0.2, 0) is 13.6 Å². The summed E-state index contributed by atoms with van der Waals surface area (Å²) in [7, 11) is 1.54. The van der Waals surface area contributed by atoms with Crippen LogP contribution in [0.5, 0.6) is 0 Å². The molecule has 0 atom stereocenters. The van der Waals surface area contributed by atoms with Crippen LogP contribution in [0.25, 0.3) is 0 Å². The van der Waals surface area contributed by atoms with Crippen molar-refractivity contribution < 1.29 is 0 Å². The third-order valence-electron chi connectivity index (χ3n) is 2.83. The highest BCUT2D eigenvalue weighted by atomic mass is 16.2. The van der Waals surface area contributed by atoms with Crippen molar-refractivity contribution in [1.29, 1.82) is 0 Å². The van der Waals surface area contributed by atoms with Crippen LogP contribution in [0.4, 0.5) is 5.82 Å². The smallest absolute Gasteiger partial charge is 0.316 e. The average molecular weight is 275 g/mol. The molecule has 7 heteroatoms. The van der Waals surface area contributed by atoms with Crippen LogP contribution < -0.4 is 16.4 Å². The number of hydrogen-bond acceptors (Lipinski definition) is 5. The van der Waals surface area contributed by atoms with Crippen LogP contribution in [0.1, 0.15) is 19.0 Å². The lowest BCUT2D eigenvalue weighted by Crippen LogP contribution is -2.39. The Labute approximate surface area is 115 Å². The first kappa shape index (κ1) is 14.0. The Morgan fingerprint density at radius 2 is 1.95 bits per heavy atom. The number of nitrogens with zero attached hydrogens (tertiary/aromatic N) is 4. The predicted molar refractivity (Wildman–Crippen MR) is 75.9 cm³/mol. The van der Waals surface area contributed by atoms with Gasteiger partial charge < -0.3 is 14.5 Å². The average Bonchev–Trinajstić information content (AvgIpc) is 2.47. The molecule has 0 aliphatic rings. The molecule has 2 heterocycles. The standard InChI is InChI=1S/C13H17N5O2/c1-3-4-14-11-8-15-10(7-16-11)9-18-6-5-17(2)12(19)13(18)20/h5-8H,3-4,9H2,1-2H3,(H,14,16). The highest BCUT2D eigenvalue weighted by Gasteiger charge is 2.04. The van der Waals surface area contributed by atoms with Gasteiger partial charge in [0, 0.05) is 26.0 Å².